The summed E-state index contributed by atoms with van der Waals surface area (Å²) in [5.41, 5.74) is 9.61. The summed E-state index contributed by atoms with van der Waals surface area (Å²) < 4.78 is 0. The van der Waals surface area contributed by atoms with Crippen LogP contribution in [0.15, 0.2) is 0 Å². The number of amides is 1. The molecule has 0 rings (SSSR count). The van der Waals surface area contributed by atoms with Crippen LogP contribution in [0.3, 0.4) is 0 Å². The van der Waals surface area contributed by atoms with Gasteiger partial charge in [-0.3, -0.25) is 4.79 Å². The number of hydrogen-bond acceptors (Lipinski definition) is 2. The molecule has 5 heteroatoms. The molecule has 0 aromatic rings. The van der Waals surface area contributed by atoms with Crippen LogP contribution in [0.4, 0.5) is 0 Å². The van der Waals surface area contributed by atoms with E-state index < -0.39 is 0 Å². The fourth-order valence-electron chi connectivity index (χ4n) is 0.142. The van der Waals surface area contributed by atoms with Crippen LogP contribution >= 0.6 is 0 Å². The molecule has 0 fully saturated rings. The van der Waals surface area contributed by atoms with Gasteiger partial charge in [-0.15, -0.1) is 0 Å². The molecule has 0 aliphatic carbocycles. The van der Waals surface area contributed by atoms with Crippen molar-refractivity contribution in [1.29, 1.82) is 0 Å². The molecule has 0 aliphatic heterocycles. The molecule has 0 atom stereocenters. The van der Waals surface area contributed by atoms with E-state index >= 15 is 0 Å². The molecule has 1 amide bonds. The third-order valence-electron chi connectivity index (χ3n) is 0.744. The van der Waals surface area contributed by atoms with Gasteiger partial charge < -0.3 is 18.4 Å². The van der Waals surface area contributed by atoms with Crippen molar-refractivity contribution < 1.29 is 23.7 Å². The van der Waals surface area contributed by atoms with Crippen LogP contribution in [0.1, 0.15) is 26.2 Å². The monoisotopic (exact) mass is 159 g/mol. The van der Waals surface area contributed by atoms with Crippen LogP contribution in [-0.2, 0) is 4.79 Å². The molecule has 0 unspecified atom stereocenters. The zero-order valence-corrected chi connectivity index (χ0v) is 8.60. The van der Waals surface area contributed by atoms with Gasteiger partial charge in [-0.25, -0.2) is 0 Å². The van der Waals surface area contributed by atoms with Crippen LogP contribution in [0, 0.1) is 6.92 Å². The van der Waals surface area contributed by atoms with Gasteiger partial charge in [-0.05, 0) is 0 Å². The minimum atomic E-state index is -0.336. The fraction of sp³-hybridized carbons (Fsp3) is 0.714. The first-order chi connectivity index (χ1) is 4.68. The Labute approximate surface area is 99.4 Å². The molecular weight excluding hydrogens is 142 g/mol. The molecule has 63 valence electrons. The van der Waals surface area contributed by atoms with E-state index in [1.54, 1.807) is 0 Å². The maximum Gasteiger partial charge on any atom is 1.00 e. The first kappa shape index (κ1) is 22.9. The third kappa shape index (κ3) is 46.0. The van der Waals surface area contributed by atoms with Crippen molar-refractivity contribution in [3.63, 3.8) is 0 Å². The zero-order chi connectivity index (χ0) is 8.41. The minimum Gasteiger partial charge on any atom is -0.370 e. The van der Waals surface area contributed by atoms with Crippen LogP contribution in [0.2, 0.25) is 0 Å². The first-order valence-corrected chi connectivity index (χ1v) is 3.46. The third-order valence-corrected chi connectivity index (χ3v) is 0.744. The van der Waals surface area contributed by atoms with Gasteiger partial charge in [-0.1, -0.05) is 13.3 Å². The Morgan fingerprint density at radius 1 is 1.50 bits per heavy atom. The average Bonchev–Trinajstić information content (AvgIpc) is 1.89. The van der Waals surface area contributed by atoms with E-state index in [1.807, 2.05) is 0 Å². The number of carbonyl (C=O) groups is 1. The molecule has 0 aromatic heterocycles. The van der Waals surface area contributed by atoms with E-state index in [2.05, 4.69) is 19.6 Å². The van der Waals surface area contributed by atoms with E-state index in [9.17, 15) is 4.79 Å². The van der Waals surface area contributed by atoms with Crippen LogP contribution in [-0.4, -0.2) is 31.3 Å². The second kappa shape index (κ2) is 22.6. The fourth-order valence-corrected chi connectivity index (χ4v) is 0.142. The molecule has 12 heavy (non-hydrogen) atoms. The molecular formula is C7H17Li2N2O. The molecule has 0 bridgehead atoms. The summed E-state index contributed by atoms with van der Waals surface area (Å²) in [5, 5.41) is 0. The summed E-state index contributed by atoms with van der Waals surface area (Å²) in [6, 6.07) is 0. The van der Waals surface area contributed by atoms with Crippen molar-refractivity contribution in [2.24, 2.45) is 11.5 Å². The van der Waals surface area contributed by atoms with Crippen LogP contribution < -0.4 is 30.3 Å². The first-order valence-electron chi connectivity index (χ1n) is 3.46. The molecule has 0 aromatic carbocycles. The van der Waals surface area contributed by atoms with Crippen molar-refractivity contribution in [2.45, 2.75) is 26.2 Å². The van der Waals surface area contributed by atoms with Crippen LogP contribution in [0.25, 0.3) is 0 Å². The van der Waals surface area contributed by atoms with Gasteiger partial charge in [0.2, 0.25) is 5.91 Å². The molecule has 0 saturated heterocycles. The Bertz CT molecular complexity index is 79.8. The van der Waals surface area contributed by atoms with Crippen molar-refractivity contribution >= 4 is 24.8 Å². The van der Waals surface area contributed by atoms with Crippen molar-refractivity contribution in [3.8, 4) is 0 Å². The largest absolute Gasteiger partial charge is 1.00 e. The smallest absolute Gasteiger partial charge is 0.370 e. The van der Waals surface area contributed by atoms with Gasteiger partial charge in [-0.2, -0.15) is 6.42 Å². The molecule has 0 spiro atoms. The van der Waals surface area contributed by atoms with Gasteiger partial charge in [0.15, 0.2) is 0 Å². The number of hydrogen-bond donors (Lipinski definition) is 2. The quantitative estimate of drug-likeness (QED) is 0.342. The van der Waals surface area contributed by atoms with Crippen LogP contribution in [0.5, 0.6) is 0 Å². The minimum absolute atomic E-state index is 0. The summed E-state index contributed by atoms with van der Waals surface area (Å²) in [4.78, 5) is 9.74. The second-order valence-corrected chi connectivity index (χ2v) is 1.86. The Morgan fingerprint density at radius 2 is 1.83 bits per heavy atom. The maximum atomic E-state index is 9.74. The van der Waals surface area contributed by atoms with Gasteiger partial charge in [0.25, 0.3) is 0 Å². The Hall–Kier alpha value is 0.625. The summed E-state index contributed by atoms with van der Waals surface area (Å²) in [6.45, 7) is 6.08. The Kier molecular flexibility index (Phi) is 43.1. The number of rotatable bonds is 3. The van der Waals surface area contributed by atoms with Gasteiger partial charge in [0, 0.05) is 31.8 Å². The number of unbranched alkanes of at least 4 members (excludes halogenated alkanes) is 1. The molecule has 0 aliphatic rings. The summed E-state index contributed by atoms with van der Waals surface area (Å²) in [7, 11) is 0. The Morgan fingerprint density at radius 3 is 1.83 bits per heavy atom. The number of nitrogens with two attached hydrogens (primary N) is 2. The van der Waals surface area contributed by atoms with Crippen molar-refractivity contribution in [3.05, 3.63) is 6.92 Å². The number of carbonyl (C=O) groups excluding carboxylic acids is 1. The molecule has 4 N–H and O–H groups in total. The predicted molar refractivity (Wildman–Crippen MR) is 48.9 cm³/mol. The normalized spacial score (nSPS) is 6.58. The summed E-state index contributed by atoms with van der Waals surface area (Å²) in [5.74, 6) is -0.336. The topological polar surface area (TPSA) is 69.1 Å². The molecule has 1 radical (unpaired) electrons. The summed E-state index contributed by atoms with van der Waals surface area (Å²) >= 11 is 0. The zero-order valence-electron chi connectivity index (χ0n) is 8.60. The number of primary amides is 1. The van der Waals surface area contributed by atoms with E-state index in [-0.39, 0.29) is 43.6 Å². The van der Waals surface area contributed by atoms with Crippen molar-refractivity contribution in [2.75, 3.05) is 6.54 Å². The van der Waals surface area contributed by atoms with Gasteiger partial charge in [0.1, 0.15) is 0 Å². The molecule has 0 saturated carbocycles. The van der Waals surface area contributed by atoms with E-state index in [0.29, 0.717) is 13.0 Å². The Balaban J connectivity index is -0.0000000483. The SMILES string of the molecule is NCCC(N)=O.[CH2-]CCC.[Li+].[Li]. The predicted octanol–water partition coefficient (Wildman–Crippen LogP) is -2.94. The second-order valence-electron chi connectivity index (χ2n) is 1.86. The van der Waals surface area contributed by atoms with E-state index in [4.69, 9.17) is 5.73 Å². The van der Waals surface area contributed by atoms with Crippen molar-refractivity contribution in [1.82, 2.24) is 0 Å². The standard InChI is InChI=1S/C4H9.C3H8N2O.2Li/c1-3-4-2;4-2-1-3(5)6;;/h1,3-4H2,2H3;1-2,4H2,(H2,5,6);;/q-1;;;+1. The van der Waals surface area contributed by atoms with E-state index in [1.165, 1.54) is 6.42 Å². The average molecular weight is 159 g/mol. The van der Waals surface area contributed by atoms with E-state index in [0.717, 1.165) is 6.42 Å². The van der Waals surface area contributed by atoms with Gasteiger partial charge in [0.05, 0.1) is 0 Å². The summed E-state index contributed by atoms with van der Waals surface area (Å²) in [6.07, 6.45) is 2.57. The molecule has 0 heterocycles. The molecule has 3 nitrogen and oxygen atoms in total. The maximum absolute atomic E-state index is 9.74. The van der Waals surface area contributed by atoms with Gasteiger partial charge >= 0.3 is 18.9 Å².